The zero-order chi connectivity index (χ0) is 12.3. The topological polar surface area (TPSA) is 22.1 Å². The third kappa shape index (κ3) is 2.74. The van der Waals surface area contributed by atoms with Crippen LogP contribution in [0.15, 0.2) is 36.7 Å². The van der Waals surface area contributed by atoms with E-state index in [1.54, 1.807) is 30.6 Å². The van der Waals surface area contributed by atoms with Crippen molar-refractivity contribution in [3.05, 3.63) is 53.6 Å². The smallest absolute Gasteiger partial charge is 0.165 e. The van der Waals surface area contributed by atoms with Gasteiger partial charge in [-0.05, 0) is 30.7 Å². The van der Waals surface area contributed by atoms with E-state index in [9.17, 15) is 4.39 Å². The van der Waals surface area contributed by atoms with Gasteiger partial charge in [0.15, 0.2) is 11.6 Å². The molecule has 4 heteroatoms. The minimum absolute atomic E-state index is 0.197. The molecule has 0 radical (unpaired) electrons. The van der Waals surface area contributed by atoms with Crippen LogP contribution in [-0.2, 0) is 5.88 Å². The molecule has 88 valence electrons. The van der Waals surface area contributed by atoms with Gasteiger partial charge in [-0.25, -0.2) is 4.39 Å². The van der Waals surface area contributed by atoms with Gasteiger partial charge >= 0.3 is 0 Å². The first kappa shape index (κ1) is 11.9. The minimum Gasteiger partial charge on any atom is -0.454 e. The zero-order valence-electron chi connectivity index (χ0n) is 9.28. The van der Waals surface area contributed by atoms with Crippen molar-refractivity contribution in [1.82, 2.24) is 4.98 Å². The van der Waals surface area contributed by atoms with E-state index < -0.39 is 5.82 Å². The highest BCUT2D eigenvalue weighted by Crippen LogP contribution is 2.28. The average Bonchev–Trinajstić information content (AvgIpc) is 2.34. The van der Waals surface area contributed by atoms with Crippen molar-refractivity contribution in [1.29, 1.82) is 0 Å². The summed E-state index contributed by atoms with van der Waals surface area (Å²) in [6.07, 6.45) is 3.19. The highest BCUT2D eigenvalue weighted by Gasteiger charge is 2.08. The molecule has 2 rings (SSSR count). The molecule has 0 amide bonds. The van der Waals surface area contributed by atoms with Crippen molar-refractivity contribution < 1.29 is 9.13 Å². The van der Waals surface area contributed by atoms with Crippen molar-refractivity contribution in [2.75, 3.05) is 0 Å². The Morgan fingerprint density at radius 3 is 2.88 bits per heavy atom. The van der Waals surface area contributed by atoms with Crippen LogP contribution in [0, 0.1) is 12.7 Å². The molecule has 0 bridgehead atoms. The number of benzene rings is 1. The van der Waals surface area contributed by atoms with E-state index >= 15 is 0 Å². The number of aryl methyl sites for hydroxylation is 1. The standard InChI is InChI=1S/C13H11ClFNO/c1-9-2-3-11(15)13(6-9)17-12-4-5-16-8-10(12)7-14/h2-6,8H,7H2,1H3. The Bertz CT molecular complexity index is 531. The van der Waals surface area contributed by atoms with E-state index in [1.165, 1.54) is 6.07 Å². The molecule has 0 spiro atoms. The predicted molar refractivity (Wildman–Crippen MR) is 65.0 cm³/mol. The Morgan fingerprint density at radius 2 is 2.12 bits per heavy atom. The molecule has 1 aromatic heterocycles. The van der Waals surface area contributed by atoms with Crippen molar-refractivity contribution >= 4 is 11.6 Å². The number of aromatic nitrogens is 1. The van der Waals surface area contributed by atoms with Crippen LogP contribution in [0.2, 0.25) is 0 Å². The van der Waals surface area contributed by atoms with Crippen LogP contribution in [0.1, 0.15) is 11.1 Å². The Labute approximate surface area is 104 Å². The third-order valence-electron chi connectivity index (χ3n) is 2.31. The van der Waals surface area contributed by atoms with Gasteiger partial charge in [-0.3, -0.25) is 4.98 Å². The van der Waals surface area contributed by atoms with Gasteiger partial charge in [-0.15, -0.1) is 11.6 Å². The first-order valence-corrected chi connectivity index (χ1v) is 5.67. The van der Waals surface area contributed by atoms with Crippen molar-refractivity contribution in [3.8, 4) is 11.5 Å². The molecule has 0 N–H and O–H groups in total. The lowest BCUT2D eigenvalue weighted by molar-refractivity contribution is 0.438. The second-order valence-electron chi connectivity index (χ2n) is 3.65. The van der Waals surface area contributed by atoms with Gasteiger partial charge < -0.3 is 4.74 Å². The summed E-state index contributed by atoms with van der Waals surface area (Å²) in [5.41, 5.74) is 1.66. The van der Waals surface area contributed by atoms with Crippen LogP contribution in [0.25, 0.3) is 0 Å². The van der Waals surface area contributed by atoms with Gasteiger partial charge in [0.1, 0.15) is 5.75 Å². The minimum atomic E-state index is -0.395. The quantitative estimate of drug-likeness (QED) is 0.768. The van der Waals surface area contributed by atoms with Crippen LogP contribution >= 0.6 is 11.6 Å². The molecular formula is C13H11ClFNO. The predicted octanol–water partition coefficient (Wildman–Crippen LogP) is 4.06. The van der Waals surface area contributed by atoms with Gasteiger partial charge in [0.2, 0.25) is 0 Å². The molecule has 17 heavy (non-hydrogen) atoms. The Kier molecular flexibility index (Phi) is 3.59. The summed E-state index contributed by atoms with van der Waals surface area (Å²) < 4.78 is 19.0. The Balaban J connectivity index is 2.34. The molecule has 0 aliphatic rings. The summed E-state index contributed by atoms with van der Waals surface area (Å²) in [6, 6.07) is 6.39. The SMILES string of the molecule is Cc1ccc(F)c(Oc2ccncc2CCl)c1. The third-order valence-corrected chi connectivity index (χ3v) is 2.60. The highest BCUT2D eigenvalue weighted by atomic mass is 35.5. The first-order chi connectivity index (χ1) is 8.20. The largest absolute Gasteiger partial charge is 0.454 e. The maximum Gasteiger partial charge on any atom is 0.165 e. The van der Waals surface area contributed by atoms with Gasteiger partial charge in [0.25, 0.3) is 0 Å². The van der Waals surface area contributed by atoms with Gasteiger partial charge in [-0.2, -0.15) is 0 Å². The molecule has 0 aliphatic heterocycles. The average molecular weight is 252 g/mol. The fraction of sp³-hybridized carbons (Fsp3) is 0.154. The first-order valence-electron chi connectivity index (χ1n) is 5.13. The molecule has 0 saturated carbocycles. The summed E-state index contributed by atoms with van der Waals surface area (Å²) in [7, 11) is 0. The van der Waals surface area contributed by atoms with E-state index in [-0.39, 0.29) is 11.6 Å². The van der Waals surface area contributed by atoms with Crippen LogP contribution < -0.4 is 4.74 Å². The van der Waals surface area contributed by atoms with E-state index in [0.717, 1.165) is 11.1 Å². The molecule has 2 aromatic rings. The lowest BCUT2D eigenvalue weighted by Crippen LogP contribution is -1.93. The summed E-state index contributed by atoms with van der Waals surface area (Å²) in [4.78, 5) is 3.94. The maximum atomic E-state index is 13.5. The summed E-state index contributed by atoms with van der Waals surface area (Å²) in [5.74, 6) is 0.603. The summed E-state index contributed by atoms with van der Waals surface area (Å²) >= 11 is 5.76. The van der Waals surface area contributed by atoms with E-state index in [0.29, 0.717) is 5.75 Å². The van der Waals surface area contributed by atoms with E-state index in [2.05, 4.69) is 4.98 Å². The highest BCUT2D eigenvalue weighted by molar-refractivity contribution is 6.17. The number of rotatable bonds is 3. The van der Waals surface area contributed by atoms with Crippen LogP contribution in [-0.4, -0.2) is 4.98 Å². The lowest BCUT2D eigenvalue weighted by atomic mass is 10.2. The van der Waals surface area contributed by atoms with Crippen LogP contribution in [0.5, 0.6) is 11.5 Å². The van der Waals surface area contributed by atoms with Gasteiger partial charge in [-0.1, -0.05) is 6.07 Å². The van der Waals surface area contributed by atoms with E-state index in [1.807, 2.05) is 6.92 Å². The number of hydrogen-bond acceptors (Lipinski definition) is 2. The molecule has 1 aromatic carbocycles. The monoisotopic (exact) mass is 251 g/mol. The zero-order valence-corrected chi connectivity index (χ0v) is 10.0. The Hall–Kier alpha value is -1.61. The van der Waals surface area contributed by atoms with E-state index in [4.69, 9.17) is 16.3 Å². The van der Waals surface area contributed by atoms with Crippen molar-refractivity contribution in [3.63, 3.8) is 0 Å². The molecule has 0 unspecified atom stereocenters. The second kappa shape index (κ2) is 5.15. The number of pyridine rings is 1. The van der Waals surface area contributed by atoms with Gasteiger partial charge in [0, 0.05) is 18.0 Å². The number of ether oxygens (including phenoxy) is 1. The summed E-state index contributed by atoms with van der Waals surface area (Å²) in [6.45, 7) is 1.88. The van der Waals surface area contributed by atoms with Crippen LogP contribution in [0.3, 0.4) is 0 Å². The summed E-state index contributed by atoms with van der Waals surface area (Å²) in [5, 5.41) is 0. The van der Waals surface area contributed by atoms with Gasteiger partial charge in [0.05, 0.1) is 5.88 Å². The van der Waals surface area contributed by atoms with Crippen molar-refractivity contribution in [2.45, 2.75) is 12.8 Å². The lowest BCUT2D eigenvalue weighted by Gasteiger charge is -2.10. The molecule has 0 fully saturated rings. The van der Waals surface area contributed by atoms with Crippen LogP contribution in [0.4, 0.5) is 4.39 Å². The molecule has 0 atom stereocenters. The Morgan fingerprint density at radius 1 is 1.29 bits per heavy atom. The fourth-order valence-corrected chi connectivity index (χ4v) is 1.62. The van der Waals surface area contributed by atoms with Crippen molar-refractivity contribution in [2.24, 2.45) is 0 Å². The number of halogens is 2. The number of hydrogen-bond donors (Lipinski definition) is 0. The number of nitrogens with zero attached hydrogens (tertiary/aromatic N) is 1. The second-order valence-corrected chi connectivity index (χ2v) is 3.92. The number of alkyl halides is 1. The molecule has 1 heterocycles. The maximum absolute atomic E-state index is 13.5. The fourth-order valence-electron chi connectivity index (χ4n) is 1.42. The molecule has 2 nitrogen and oxygen atoms in total. The normalized spacial score (nSPS) is 10.3. The molecule has 0 saturated heterocycles. The molecule has 0 aliphatic carbocycles. The molecular weight excluding hydrogens is 241 g/mol.